The number of benzene rings is 2. The first kappa shape index (κ1) is 19.7. The molecule has 0 aliphatic heterocycles. The van der Waals surface area contributed by atoms with Crippen molar-refractivity contribution in [1.82, 2.24) is 10.2 Å². The Morgan fingerprint density at radius 3 is 2.22 bits per heavy atom. The van der Waals surface area contributed by atoms with E-state index in [4.69, 9.17) is 11.6 Å². The maximum atomic E-state index is 12.2. The molecule has 0 bridgehead atoms. The lowest BCUT2D eigenvalue weighted by Gasteiger charge is -1.98. The molecule has 1 heterocycles. The molecule has 2 aromatic carbocycles. The Kier molecular flexibility index (Phi) is 5.75. The number of sulfone groups is 2. The standard InChI is InChI=1S/C17H13ClN2O4S3/c18-14-8-6-13(7-9-14)17-20-19-16(25-17)12-26(21,22)10-11-27(23,24)15-4-2-1-3-5-15/h1-11H,12H2/b11-10+. The lowest BCUT2D eigenvalue weighted by Crippen LogP contribution is -2.02. The van der Waals surface area contributed by atoms with E-state index in [9.17, 15) is 16.8 Å². The van der Waals surface area contributed by atoms with Crippen LogP contribution in [0.1, 0.15) is 5.01 Å². The molecule has 6 nitrogen and oxygen atoms in total. The molecule has 0 aliphatic rings. The fraction of sp³-hybridized carbons (Fsp3) is 0.0588. The van der Waals surface area contributed by atoms with Gasteiger partial charge in [0.05, 0.1) is 4.90 Å². The SMILES string of the molecule is O=S(=O)(/C=C/S(=O)(=O)c1ccccc1)Cc1nnc(-c2ccc(Cl)cc2)s1. The highest BCUT2D eigenvalue weighted by atomic mass is 35.5. The van der Waals surface area contributed by atoms with Crippen molar-refractivity contribution in [2.24, 2.45) is 0 Å². The largest absolute Gasteiger partial charge is 0.224 e. The first-order chi connectivity index (χ1) is 12.8. The second-order valence-electron chi connectivity index (χ2n) is 5.45. The smallest absolute Gasteiger partial charge is 0.200 e. The van der Waals surface area contributed by atoms with Crippen LogP contribution in [-0.4, -0.2) is 27.0 Å². The first-order valence-electron chi connectivity index (χ1n) is 7.54. The zero-order chi connectivity index (χ0) is 19.5. The monoisotopic (exact) mass is 440 g/mol. The Labute approximate surface area is 166 Å². The van der Waals surface area contributed by atoms with Gasteiger partial charge in [-0.15, -0.1) is 10.2 Å². The number of aromatic nitrogens is 2. The third kappa shape index (κ3) is 5.23. The molecule has 140 valence electrons. The molecule has 0 atom stereocenters. The van der Waals surface area contributed by atoms with E-state index < -0.39 is 25.4 Å². The molecular formula is C17H13ClN2O4S3. The lowest BCUT2D eigenvalue weighted by molar-refractivity contribution is 0.600. The summed E-state index contributed by atoms with van der Waals surface area (Å²) in [5.41, 5.74) is 0.766. The predicted molar refractivity (Wildman–Crippen MR) is 106 cm³/mol. The van der Waals surface area contributed by atoms with Gasteiger partial charge in [0.15, 0.2) is 9.84 Å². The Balaban J connectivity index is 1.76. The third-order valence-corrected chi connectivity index (χ3v) is 7.63. The summed E-state index contributed by atoms with van der Waals surface area (Å²) in [4.78, 5) is 0.0254. The molecule has 3 rings (SSSR count). The predicted octanol–water partition coefficient (Wildman–Crippen LogP) is 3.72. The Morgan fingerprint density at radius 1 is 0.889 bits per heavy atom. The summed E-state index contributed by atoms with van der Waals surface area (Å²) in [5.74, 6) is -0.431. The summed E-state index contributed by atoms with van der Waals surface area (Å²) in [6.45, 7) is 0. The van der Waals surface area contributed by atoms with Crippen molar-refractivity contribution in [2.75, 3.05) is 0 Å². The minimum Gasteiger partial charge on any atom is -0.224 e. The molecule has 0 saturated heterocycles. The Bertz CT molecular complexity index is 1170. The van der Waals surface area contributed by atoms with Gasteiger partial charge in [-0.25, -0.2) is 16.8 Å². The topological polar surface area (TPSA) is 94.1 Å². The lowest BCUT2D eigenvalue weighted by atomic mass is 10.2. The zero-order valence-electron chi connectivity index (χ0n) is 13.7. The molecule has 0 amide bonds. The second kappa shape index (κ2) is 7.89. The van der Waals surface area contributed by atoms with Crippen LogP contribution >= 0.6 is 22.9 Å². The van der Waals surface area contributed by atoms with Gasteiger partial charge in [-0.3, -0.25) is 0 Å². The van der Waals surface area contributed by atoms with Crippen molar-refractivity contribution < 1.29 is 16.8 Å². The van der Waals surface area contributed by atoms with Crippen LogP contribution in [0.2, 0.25) is 5.02 Å². The summed E-state index contributed by atoms with van der Waals surface area (Å²) >= 11 is 6.96. The van der Waals surface area contributed by atoms with Gasteiger partial charge in [0, 0.05) is 21.4 Å². The van der Waals surface area contributed by atoms with Crippen molar-refractivity contribution in [3.63, 3.8) is 0 Å². The van der Waals surface area contributed by atoms with E-state index in [-0.39, 0.29) is 9.90 Å². The number of hydrogen-bond donors (Lipinski definition) is 0. The molecule has 0 radical (unpaired) electrons. The minimum atomic E-state index is -3.83. The number of hydrogen-bond acceptors (Lipinski definition) is 7. The van der Waals surface area contributed by atoms with E-state index in [1.54, 1.807) is 42.5 Å². The van der Waals surface area contributed by atoms with E-state index in [2.05, 4.69) is 10.2 Å². The van der Waals surface area contributed by atoms with Crippen LogP contribution in [0.4, 0.5) is 0 Å². The summed E-state index contributed by atoms with van der Waals surface area (Å²) in [7, 11) is -7.66. The van der Waals surface area contributed by atoms with Crippen molar-refractivity contribution in [3.8, 4) is 10.6 Å². The van der Waals surface area contributed by atoms with Gasteiger partial charge in [0.25, 0.3) is 0 Å². The van der Waals surface area contributed by atoms with E-state index >= 15 is 0 Å². The highest BCUT2D eigenvalue weighted by Crippen LogP contribution is 2.26. The molecule has 3 aromatic rings. The summed E-state index contributed by atoms with van der Waals surface area (Å²) in [6, 6.07) is 14.5. The summed E-state index contributed by atoms with van der Waals surface area (Å²) in [5, 5.41) is 10.6. The van der Waals surface area contributed by atoms with Gasteiger partial charge in [0.2, 0.25) is 9.84 Å². The maximum absolute atomic E-state index is 12.2. The van der Waals surface area contributed by atoms with Crippen LogP contribution in [0.3, 0.4) is 0 Å². The van der Waals surface area contributed by atoms with Crippen LogP contribution in [0, 0.1) is 0 Å². The molecule has 0 spiro atoms. The van der Waals surface area contributed by atoms with Gasteiger partial charge < -0.3 is 0 Å². The molecule has 0 saturated carbocycles. The van der Waals surface area contributed by atoms with E-state index in [1.807, 2.05) is 0 Å². The number of rotatable bonds is 6. The van der Waals surface area contributed by atoms with Crippen molar-refractivity contribution in [2.45, 2.75) is 10.6 Å². The third-order valence-electron chi connectivity index (χ3n) is 3.40. The summed E-state index contributed by atoms with van der Waals surface area (Å²) in [6.07, 6.45) is 0. The molecule has 0 fully saturated rings. The van der Waals surface area contributed by atoms with E-state index in [1.165, 1.54) is 12.1 Å². The van der Waals surface area contributed by atoms with Crippen LogP contribution in [-0.2, 0) is 25.4 Å². The van der Waals surface area contributed by atoms with E-state index in [0.717, 1.165) is 16.9 Å². The summed E-state index contributed by atoms with van der Waals surface area (Å²) < 4.78 is 48.8. The van der Waals surface area contributed by atoms with Gasteiger partial charge >= 0.3 is 0 Å². The van der Waals surface area contributed by atoms with Crippen LogP contribution in [0.15, 0.2) is 70.3 Å². The molecule has 0 aliphatic carbocycles. The fourth-order valence-electron chi connectivity index (χ4n) is 2.09. The van der Waals surface area contributed by atoms with Crippen molar-refractivity contribution in [1.29, 1.82) is 0 Å². The highest BCUT2D eigenvalue weighted by molar-refractivity contribution is 7.97. The van der Waals surface area contributed by atoms with Gasteiger partial charge in [-0.2, -0.15) is 0 Å². The highest BCUT2D eigenvalue weighted by Gasteiger charge is 2.16. The van der Waals surface area contributed by atoms with Crippen LogP contribution in [0.25, 0.3) is 10.6 Å². The average molecular weight is 441 g/mol. The molecule has 27 heavy (non-hydrogen) atoms. The molecular weight excluding hydrogens is 428 g/mol. The zero-order valence-corrected chi connectivity index (χ0v) is 16.9. The van der Waals surface area contributed by atoms with Crippen molar-refractivity contribution in [3.05, 3.63) is 75.4 Å². The quantitative estimate of drug-likeness (QED) is 0.579. The Morgan fingerprint density at radius 2 is 1.56 bits per heavy atom. The number of nitrogens with zero attached hydrogens (tertiary/aromatic N) is 2. The first-order valence-corrected chi connectivity index (χ1v) is 12.0. The molecule has 0 unspecified atom stereocenters. The normalized spacial score (nSPS) is 12.5. The molecule has 10 heteroatoms. The second-order valence-corrected chi connectivity index (χ2v) is 10.7. The van der Waals surface area contributed by atoms with Gasteiger partial charge in [-0.05, 0) is 24.3 Å². The molecule has 0 N–H and O–H groups in total. The molecule has 1 aromatic heterocycles. The van der Waals surface area contributed by atoms with Gasteiger partial charge in [-0.1, -0.05) is 53.3 Å². The van der Waals surface area contributed by atoms with Crippen LogP contribution in [0.5, 0.6) is 0 Å². The van der Waals surface area contributed by atoms with Crippen molar-refractivity contribution >= 4 is 42.6 Å². The van der Waals surface area contributed by atoms with E-state index in [0.29, 0.717) is 20.8 Å². The average Bonchev–Trinajstić information content (AvgIpc) is 3.09. The fourth-order valence-corrected chi connectivity index (χ4v) is 6.04. The minimum absolute atomic E-state index is 0.0254. The van der Waals surface area contributed by atoms with Gasteiger partial charge in [0.1, 0.15) is 15.8 Å². The number of halogens is 1. The van der Waals surface area contributed by atoms with Crippen LogP contribution < -0.4 is 0 Å². The Hall–Kier alpha value is -2.07. The maximum Gasteiger partial charge on any atom is 0.200 e.